The first-order valence-electron chi connectivity index (χ1n) is 5.21. The van der Waals surface area contributed by atoms with Gasteiger partial charge in [-0.05, 0) is 18.1 Å². The molecule has 0 spiro atoms. The molecule has 1 aromatic carbocycles. The molecule has 0 saturated heterocycles. The molecule has 0 fully saturated rings. The van der Waals surface area contributed by atoms with Gasteiger partial charge in [-0.15, -0.1) is 0 Å². The summed E-state index contributed by atoms with van der Waals surface area (Å²) < 4.78 is 28.0. The molecule has 18 heavy (non-hydrogen) atoms. The molecule has 0 heterocycles. The van der Waals surface area contributed by atoms with Crippen LogP contribution in [0.5, 0.6) is 0 Å². The Labute approximate surface area is 106 Å². The lowest BCUT2D eigenvalue weighted by molar-refractivity contribution is 0.0600. The van der Waals surface area contributed by atoms with E-state index >= 15 is 0 Å². The van der Waals surface area contributed by atoms with Crippen molar-refractivity contribution in [3.63, 3.8) is 0 Å². The molecule has 0 bridgehead atoms. The second-order valence-electron chi connectivity index (χ2n) is 3.71. The van der Waals surface area contributed by atoms with E-state index in [1.165, 1.54) is 19.2 Å². The van der Waals surface area contributed by atoms with E-state index in [1.54, 1.807) is 13.0 Å². The molecule has 96 valence electrons. The third kappa shape index (κ3) is 2.51. The van der Waals surface area contributed by atoms with Gasteiger partial charge in [0, 0.05) is 6.26 Å². The third-order valence-electron chi connectivity index (χ3n) is 2.51. The van der Waals surface area contributed by atoms with E-state index < -0.39 is 15.8 Å². The van der Waals surface area contributed by atoms with E-state index in [1.807, 2.05) is 0 Å². The Morgan fingerprint density at radius 2 is 2.06 bits per heavy atom. The van der Waals surface area contributed by atoms with Crippen molar-refractivity contribution < 1.29 is 17.9 Å². The number of benzene rings is 1. The zero-order chi connectivity index (χ0) is 13.9. The number of sulfone groups is 1. The van der Waals surface area contributed by atoms with Gasteiger partial charge in [0.25, 0.3) is 0 Å². The smallest absolute Gasteiger partial charge is 0.339 e. The highest BCUT2D eigenvalue weighted by molar-refractivity contribution is 7.90. The van der Waals surface area contributed by atoms with Crippen LogP contribution >= 0.6 is 0 Å². The van der Waals surface area contributed by atoms with E-state index in [9.17, 15) is 13.2 Å². The molecule has 6 heteroatoms. The molecular formula is C12H13NO4S. The largest absolute Gasteiger partial charge is 0.465 e. The molecular weight excluding hydrogens is 254 g/mol. The van der Waals surface area contributed by atoms with Crippen molar-refractivity contribution in [2.75, 3.05) is 13.4 Å². The number of nitriles is 1. The fourth-order valence-electron chi connectivity index (χ4n) is 1.72. The first-order chi connectivity index (χ1) is 8.36. The Morgan fingerprint density at radius 3 is 2.44 bits per heavy atom. The summed E-state index contributed by atoms with van der Waals surface area (Å²) in [4.78, 5) is 11.4. The number of esters is 1. The number of rotatable bonds is 3. The van der Waals surface area contributed by atoms with E-state index in [0.29, 0.717) is 12.0 Å². The molecule has 0 saturated carbocycles. The van der Waals surface area contributed by atoms with Gasteiger partial charge in [0.15, 0.2) is 9.84 Å². The van der Waals surface area contributed by atoms with Crippen LogP contribution in [0.25, 0.3) is 0 Å². The van der Waals surface area contributed by atoms with Crippen molar-refractivity contribution in [2.24, 2.45) is 0 Å². The number of carbonyl (C=O) groups is 1. The fourth-order valence-corrected chi connectivity index (χ4v) is 2.93. The Kier molecular flexibility index (Phi) is 4.09. The summed E-state index contributed by atoms with van der Waals surface area (Å²) in [6.07, 6.45) is 1.47. The number of nitrogens with zero attached hydrogens (tertiary/aromatic N) is 1. The van der Waals surface area contributed by atoms with E-state index in [-0.39, 0.29) is 16.0 Å². The highest BCUT2D eigenvalue weighted by Crippen LogP contribution is 2.25. The molecule has 0 aliphatic carbocycles. The minimum atomic E-state index is -3.58. The van der Waals surface area contributed by atoms with Crippen LogP contribution in [0.15, 0.2) is 17.0 Å². The van der Waals surface area contributed by atoms with Gasteiger partial charge in [-0.1, -0.05) is 13.0 Å². The monoisotopic (exact) mass is 267 g/mol. The summed E-state index contributed by atoms with van der Waals surface area (Å²) in [5.74, 6) is -0.723. The van der Waals surface area contributed by atoms with Gasteiger partial charge in [-0.2, -0.15) is 5.26 Å². The zero-order valence-corrected chi connectivity index (χ0v) is 11.2. The fraction of sp³-hybridized carbons (Fsp3) is 0.333. The number of methoxy groups -OCH3 is 1. The minimum absolute atomic E-state index is 0.0300. The van der Waals surface area contributed by atoms with Crippen LogP contribution in [0, 0.1) is 11.3 Å². The normalized spacial score (nSPS) is 10.8. The van der Waals surface area contributed by atoms with Crippen molar-refractivity contribution in [2.45, 2.75) is 18.2 Å². The van der Waals surface area contributed by atoms with Crippen LogP contribution in [0.3, 0.4) is 0 Å². The van der Waals surface area contributed by atoms with Crippen molar-refractivity contribution >= 4 is 15.8 Å². The highest BCUT2D eigenvalue weighted by atomic mass is 32.2. The van der Waals surface area contributed by atoms with Crippen LogP contribution in [0.2, 0.25) is 0 Å². The third-order valence-corrected chi connectivity index (χ3v) is 3.72. The second-order valence-corrected chi connectivity index (χ2v) is 5.66. The molecule has 0 unspecified atom stereocenters. The van der Waals surface area contributed by atoms with E-state index in [4.69, 9.17) is 5.26 Å². The molecule has 0 atom stereocenters. The number of aryl methyl sites for hydroxylation is 1. The number of hydrogen-bond donors (Lipinski definition) is 0. The molecule has 0 aliphatic rings. The lowest BCUT2D eigenvalue weighted by Gasteiger charge is -2.11. The van der Waals surface area contributed by atoms with Gasteiger partial charge in [0.1, 0.15) is 6.07 Å². The Hall–Kier alpha value is -1.87. The quantitative estimate of drug-likeness (QED) is 0.771. The van der Waals surface area contributed by atoms with Crippen LogP contribution in [-0.4, -0.2) is 27.8 Å². The number of carbonyl (C=O) groups excluding carboxylic acids is 1. The van der Waals surface area contributed by atoms with Crippen molar-refractivity contribution in [1.82, 2.24) is 0 Å². The van der Waals surface area contributed by atoms with Crippen molar-refractivity contribution in [1.29, 1.82) is 5.26 Å². The highest BCUT2D eigenvalue weighted by Gasteiger charge is 2.23. The minimum Gasteiger partial charge on any atom is -0.465 e. The number of hydrogen-bond acceptors (Lipinski definition) is 5. The van der Waals surface area contributed by atoms with Crippen LogP contribution in [0.4, 0.5) is 0 Å². The second kappa shape index (κ2) is 5.19. The lowest BCUT2D eigenvalue weighted by atomic mass is 10.0. The summed E-state index contributed by atoms with van der Waals surface area (Å²) in [7, 11) is -2.40. The zero-order valence-electron chi connectivity index (χ0n) is 10.4. The predicted molar refractivity (Wildman–Crippen MR) is 65.0 cm³/mol. The Balaban J connectivity index is 3.76. The maximum atomic E-state index is 11.8. The summed E-state index contributed by atoms with van der Waals surface area (Å²) in [6, 6.07) is 4.73. The SMILES string of the molecule is CCc1ccc(C(=O)OC)c(C#N)c1S(C)(=O)=O. The van der Waals surface area contributed by atoms with Crippen molar-refractivity contribution in [3.05, 3.63) is 28.8 Å². The maximum absolute atomic E-state index is 11.8. The summed E-state index contributed by atoms with van der Waals surface area (Å²) in [6.45, 7) is 1.78. The lowest BCUT2D eigenvalue weighted by Crippen LogP contribution is -2.11. The molecule has 0 radical (unpaired) electrons. The average molecular weight is 267 g/mol. The summed E-state index contributed by atoms with van der Waals surface area (Å²) in [5.41, 5.74) is 0.336. The molecule has 0 aliphatic heterocycles. The standard InChI is InChI=1S/C12H13NO4S/c1-4-8-5-6-9(12(14)17-2)10(7-13)11(8)18(3,15)16/h5-6H,4H2,1-3H3. The predicted octanol–water partition coefficient (Wildman–Crippen LogP) is 1.31. The van der Waals surface area contributed by atoms with Gasteiger partial charge < -0.3 is 4.74 Å². The van der Waals surface area contributed by atoms with E-state index in [0.717, 1.165) is 6.26 Å². The Bertz CT molecular complexity index is 626. The first-order valence-corrected chi connectivity index (χ1v) is 7.10. The van der Waals surface area contributed by atoms with Crippen LogP contribution in [0.1, 0.15) is 28.4 Å². The van der Waals surface area contributed by atoms with E-state index in [2.05, 4.69) is 4.74 Å². The molecule has 5 nitrogen and oxygen atoms in total. The number of ether oxygens (including phenoxy) is 1. The molecule has 0 aromatic heterocycles. The van der Waals surface area contributed by atoms with Gasteiger partial charge in [0.2, 0.25) is 0 Å². The topological polar surface area (TPSA) is 84.2 Å². The van der Waals surface area contributed by atoms with Gasteiger partial charge in [-0.3, -0.25) is 0 Å². The molecule has 0 N–H and O–H groups in total. The van der Waals surface area contributed by atoms with Crippen LogP contribution < -0.4 is 0 Å². The van der Waals surface area contributed by atoms with Gasteiger partial charge >= 0.3 is 5.97 Å². The summed E-state index contributed by atoms with van der Waals surface area (Å²) >= 11 is 0. The van der Waals surface area contributed by atoms with Crippen molar-refractivity contribution in [3.8, 4) is 6.07 Å². The van der Waals surface area contributed by atoms with Gasteiger partial charge in [0.05, 0.1) is 23.1 Å². The molecule has 0 amide bonds. The molecule has 1 aromatic rings. The Morgan fingerprint density at radius 1 is 1.44 bits per heavy atom. The summed E-state index contributed by atoms with van der Waals surface area (Å²) in [5, 5.41) is 9.10. The average Bonchev–Trinajstić information content (AvgIpc) is 2.34. The van der Waals surface area contributed by atoms with Gasteiger partial charge in [-0.25, -0.2) is 13.2 Å². The first kappa shape index (κ1) is 14.2. The maximum Gasteiger partial charge on any atom is 0.339 e. The molecule has 1 rings (SSSR count). The van der Waals surface area contributed by atoms with Crippen LogP contribution in [-0.2, 0) is 21.0 Å².